The molecule has 120 valence electrons. The van der Waals surface area contributed by atoms with Gasteiger partial charge in [0.05, 0.1) is 4.91 Å². The van der Waals surface area contributed by atoms with Crippen LogP contribution in [0.3, 0.4) is 0 Å². The van der Waals surface area contributed by atoms with Gasteiger partial charge in [0.1, 0.15) is 0 Å². The van der Waals surface area contributed by atoms with Crippen LogP contribution in [0.2, 0.25) is 0 Å². The highest BCUT2D eigenvalue weighted by Crippen LogP contribution is 2.29. The van der Waals surface area contributed by atoms with Gasteiger partial charge in [-0.25, -0.2) is 0 Å². The quantitative estimate of drug-likeness (QED) is 0.524. The molecule has 0 aliphatic heterocycles. The summed E-state index contributed by atoms with van der Waals surface area (Å²) in [5, 5.41) is 0. The van der Waals surface area contributed by atoms with Crippen molar-refractivity contribution in [1.29, 1.82) is 0 Å². The number of rotatable bonds is 11. The first-order valence-corrected chi connectivity index (χ1v) is 9.52. The SMILES string of the molecule is CCCC/C(CC)=C(\CC(CC)CCCC)S(=O)(=O)O. The molecule has 1 atom stereocenters. The van der Waals surface area contributed by atoms with Crippen molar-refractivity contribution in [2.45, 2.75) is 85.5 Å². The lowest BCUT2D eigenvalue weighted by Crippen LogP contribution is -2.11. The molecule has 0 fully saturated rings. The Kier molecular flexibility index (Phi) is 10.2. The zero-order valence-corrected chi connectivity index (χ0v) is 14.4. The summed E-state index contributed by atoms with van der Waals surface area (Å²) < 4.78 is 33.0. The molecule has 0 saturated carbocycles. The Hall–Kier alpha value is -0.350. The molecule has 0 aliphatic carbocycles. The summed E-state index contributed by atoms with van der Waals surface area (Å²) in [4.78, 5) is 0.302. The maximum Gasteiger partial charge on any atom is 0.290 e. The van der Waals surface area contributed by atoms with Crippen molar-refractivity contribution < 1.29 is 13.0 Å². The average molecular weight is 304 g/mol. The molecule has 0 aliphatic rings. The highest BCUT2D eigenvalue weighted by molar-refractivity contribution is 7.89. The Morgan fingerprint density at radius 2 is 1.65 bits per heavy atom. The Labute approximate surface area is 125 Å². The maximum absolute atomic E-state index is 11.7. The Morgan fingerprint density at radius 1 is 1.05 bits per heavy atom. The Morgan fingerprint density at radius 3 is 2.05 bits per heavy atom. The van der Waals surface area contributed by atoms with E-state index in [0.717, 1.165) is 50.5 Å². The molecule has 0 rings (SSSR count). The van der Waals surface area contributed by atoms with E-state index < -0.39 is 10.1 Å². The summed E-state index contributed by atoms with van der Waals surface area (Å²) in [5.41, 5.74) is 0.921. The minimum absolute atomic E-state index is 0.302. The van der Waals surface area contributed by atoms with Crippen LogP contribution in [-0.4, -0.2) is 13.0 Å². The van der Waals surface area contributed by atoms with Gasteiger partial charge in [0.15, 0.2) is 0 Å². The van der Waals surface area contributed by atoms with Gasteiger partial charge in [-0.2, -0.15) is 8.42 Å². The number of hydrogen-bond acceptors (Lipinski definition) is 2. The summed E-state index contributed by atoms with van der Waals surface area (Å²) in [7, 11) is -4.06. The van der Waals surface area contributed by atoms with Crippen LogP contribution in [-0.2, 0) is 10.1 Å². The molecule has 1 unspecified atom stereocenters. The highest BCUT2D eigenvalue weighted by Gasteiger charge is 2.22. The number of unbranched alkanes of at least 4 members (excludes halogenated alkanes) is 2. The lowest BCUT2D eigenvalue weighted by molar-refractivity contribution is 0.439. The highest BCUT2D eigenvalue weighted by atomic mass is 32.2. The van der Waals surface area contributed by atoms with Crippen LogP contribution >= 0.6 is 0 Å². The van der Waals surface area contributed by atoms with Crippen molar-refractivity contribution >= 4 is 10.1 Å². The third kappa shape index (κ3) is 7.44. The molecule has 0 heterocycles. The van der Waals surface area contributed by atoms with Gasteiger partial charge < -0.3 is 0 Å². The Bertz CT molecular complexity index is 383. The van der Waals surface area contributed by atoms with E-state index in [2.05, 4.69) is 20.8 Å². The second-order valence-electron chi connectivity index (χ2n) is 5.58. The maximum atomic E-state index is 11.7. The van der Waals surface area contributed by atoms with Gasteiger partial charge in [-0.15, -0.1) is 0 Å². The zero-order valence-electron chi connectivity index (χ0n) is 13.6. The van der Waals surface area contributed by atoms with Crippen LogP contribution in [0.4, 0.5) is 0 Å². The van der Waals surface area contributed by atoms with E-state index in [4.69, 9.17) is 0 Å². The third-order valence-electron chi connectivity index (χ3n) is 3.98. The molecule has 1 N–H and O–H groups in total. The molecule has 0 aromatic heterocycles. The standard InChI is InChI=1S/C16H32O3S/c1-5-9-11-14(7-3)13-16(20(17,18)19)15(8-4)12-10-6-2/h14H,5-13H2,1-4H3,(H,17,18,19)/b16-15+. The molecular weight excluding hydrogens is 272 g/mol. The predicted octanol–water partition coefficient (Wildman–Crippen LogP) is 5.34. The van der Waals surface area contributed by atoms with Crippen LogP contribution in [0.1, 0.15) is 85.5 Å². The zero-order chi connectivity index (χ0) is 15.6. The fraction of sp³-hybridized carbons (Fsp3) is 0.875. The predicted molar refractivity (Wildman–Crippen MR) is 86.3 cm³/mol. The van der Waals surface area contributed by atoms with Gasteiger partial charge in [-0.3, -0.25) is 4.55 Å². The van der Waals surface area contributed by atoms with E-state index in [1.54, 1.807) is 0 Å². The van der Waals surface area contributed by atoms with Gasteiger partial charge >= 0.3 is 0 Å². The second-order valence-corrected chi connectivity index (χ2v) is 7.02. The van der Waals surface area contributed by atoms with E-state index in [1.807, 2.05) is 6.92 Å². The number of hydrogen-bond donors (Lipinski definition) is 1. The fourth-order valence-electron chi connectivity index (χ4n) is 2.54. The lowest BCUT2D eigenvalue weighted by atomic mass is 9.93. The minimum atomic E-state index is -4.06. The van der Waals surface area contributed by atoms with Crippen LogP contribution < -0.4 is 0 Å². The molecule has 20 heavy (non-hydrogen) atoms. The molecule has 0 saturated heterocycles. The van der Waals surface area contributed by atoms with E-state index in [-0.39, 0.29) is 0 Å². The third-order valence-corrected chi connectivity index (χ3v) is 5.06. The number of allylic oxidation sites excluding steroid dienone is 2. The molecule has 4 heteroatoms. The molecule has 0 spiro atoms. The van der Waals surface area contributed by atoms with Crippen molar-refractivity contribution in [2.24, 2.45) is 5.92 Å². The van der Waals surface area contributed by atoms with E-state index >= 15 is 0 Å². The lowest BCUT2D eigenvalue weighted by Gasteiger charge is -2.18. The van der Waals surface area contributed by atoms with Gasteiger partial charge in [0, 0.05) is 0 Å². The molecule has 0 aromatic carbocycles. The molecule has 0 bridgehead atoms. The fourth-order valence-corrected chi connectivity index (χ4v) is 3.60. The van der Waals surface area contributed by atoms with Crippen LogP contribution in [0.25, 0.3) is 0 Å². The van der Waals surface area contributed by atoms with Crippen molar-refractivity contribution in [2.75, 3.05) is 0 Å². The van der Waals surface area contributed by atoms with Crippen molar-refractivity contribution in [3.05, 3.63) is 10.5 Å². The molecule has 0 radical (unpaired) electrons. The van der Waals surface area contributed by atoms with Gasteiger partial charge in [0.2, 0.25) is 0 Å². The van der Waals surface area contributed by atoms with Gasteiger partial charge in [0.25, 0.3) is 10.1 Å². The summed E-state index contributed by atoms with van der Waals surface area (Å²) in [6.07, 6.45) is 8.25. The Balaban J connectivity index is 5.18. The second kappa shape index (κ2) is 10.4. The van der Waals surface area contributed by atoms with E-state index in [1.165, 1.54) is 0 Å². The van der Waals surface area contributed by atoms with Crippen molar-refractivity contribution in [3.63, 3.8) is 0 Å². The summed E-state index contributed by atoms with van der Waals surface area (Å²) >= 11 is 0. The van der Waals surface area contributed by atoms with Crippen molar-refractivity contribution in [3.8, 4) is 0 Å². The summed E-state index contributed by atoms with van der Waals surface area (Å²) in [6, 6.07) is 0. The molecular formula is C16H32O3S. The smallest absolute Gasteiger partial charge is 0.282 e. The van der Waals surface area contributed by atoms with Crippen LogP contribution in [0.15, 0.2) is 10.5 Å². The average Bonchev–Trinajstić information content (AvgIpc) is 2.40. The first-order valence-electron chi connectivity index (χ1n) is 8.08. The molecule has 3 nitrogen and oxygen atoms in total. The summed E-state index contributed by atoms with van der Waals surface area (Å²) in [6.45, 7) is 8.31. The molecule has 0 aromatic rings. The largest absolute Gasteiger partial charge is 0.290 e. The molecule has 0 amide bonds. The minimum Gasteiger partial charge on any atom is -0.282 e. The normalized spacial score (nSPS) is 15.1. The van der Waals surface area contributed by atoms with Gasteiger partial charge in [-0.1, -0.05) is 65.4 Å². The first kappa shape index (κ1) is 19.7. The summed E-state index contributed by atoms with van der Waals surface area (Å²) in [5.74, 6) is 0.357. The van der Waals surface area contributed by atoms with Gasteiger partial charge in [-0.05, 0) is 31.6 Å². The van der Waals surface area contributed by atoms with Crippen LogP contribution in [0.5, 0.6) is 0 Å². The van der Waals surface area contributed by atoms with Crippen molar-refractivity contribution in [1.82, 2.24) is 0 Å². The monoisotopic (exact) mass is 304 g/mol. The van der Waals surface area contributed by atoms with Crippen LogP contribution in [0, 0.1) is 5.92 Å². The van der Waals surface area contributed by atoms with E-state index in [9.17, 15) is 13.0 Å². The topological polar surface area (TPSA) is 54.4 Å². The first-order chi connectivity index (χ1) is 9.40. The van der Waals surface area contributed by atoms with E-state index in [0.29, 0.717) is 23.7 Å².